The largest absolute Gasteiger partial charge is 0.315 e. The third-order valence-corrected chi connectivity index (χ3v) is 2.68. The summed E-state index contributed by atoms with van der Waals surface area (Å²) in [6.45, 7) is 10.8. The van der Waals surface area contributed by atoms with Crippen LogP contribution >= 0.6 is 0 Å². The third-order valence-electron chi connectivity index (χ3n) is 2.68. The summed E-state index contributed by atoms with van der Waals surface area (Å²) in [6.07, 6.45) is 3.06. The van der Waals surface area contributed by atoms with Crippen LogP contribution in [-0.4, -0.2) is 22.4 Å². The highest BCUT2D eigenvalue weighted by Gasteiger charge is 2.09. The quantitative estimate of drug-likeness (QED) is 0.779. The maximum atomic E-state index is 4.30. The summed E-state index contributed by atoms with van der Waals surface area (Å²) in [4.78, 5) is 0. The van der Waals surface area contributed by atoms with Gasteiger partial charge in [0, 0.05) is 24.5 Å². The number of aromatic nitrogens is 2. The van der Waals surface area contributed by atoms with E-state index in [1.807, 2.05) is 6.20 Å². The number of aryl methyl sites for hydroxylation is 1. The molecule has 1 aromatic heterocycles. The van der Waals surface area contributed by atoms with Gasteiger partial charge in [-0.3, -0.25) is 4.68 Å². The summed E-state index contributed by atoms with van der Waals surface area (Å²) >= 11 is 0. The van der Waals surface area contributed by atoms with Gasteiger partial charge in [-0.05, 0) is 31.9 Å². The molecule has 1 unspecified atom stereocenters. The number of hydrogen-bond acceptors (Lipinski definition) is 2. The average Bonchev–Trinajstić information content (AvgIpc) is 2.64. The Balaban J connectivity index is 2.43. The fraction of sp³-hybridized carbons (Fsp3) is 0.750. The molecule has 0 spiro atoms. The van der Waals surface area contributed by atoms with Crippen LogP contribution in [0.1, 0.15) is 45.7 Å². The first-order chi connectivity index (χ1) is 7.15. The molecule has 1 heterocycles. The predicted molar refractivity (Wildman–Crippen MR) is 64.1 cm³/mol. The van der Waals surface area contributed by atoms with E-state index in [9.17, 15) is 0 Å². The summed E-state index contributed by atoms with van der Waals surface area (Å²) in [6, 6.07) is 2.71. The number of nitrogens with one attached hydrogen (secondary N) is 1. The van der Waals surface area contributed by atoms with Crippen molar-refractivity contribution >= 4 is 0 Å². The van der Waals surface area contributed by atoms with E-state index in [0.29, 0.717) is 12.0 Å². The van der Waals surface area contributed by atoms with E-state index in [-0.39, 0.29) is 0 Å². The molecule has 0 aliphatic rings. The van der Waals surface area contributed by atoms with Gasteiger partial charge in [0.25, 0.3) is 0 Å². The van der Waals surface area contributed by atoms with E-state index in [4.69, 9.17) is 0 Å². The summed E-state index contributed by atoms with van der Waals surface area (Å²) in [5.74, 6) is 0.582. The molecule has 1 rings (SSSR count). The average molecular weight is 209 g/mol. The van der Waals surface area contributed by atoms with Crippen molar-refractivity contribution < 1.29 is 0 Å². The first-order valence-corrected chi connectivity index (χ1v) is 5.90. The molecular formula is C12H23N3. The second kappa shape index (κ2) is 5.91. The lowest BCUT2D eigenvalue weighted by Crippen LogP contribution is -2.25. The van der Waals surface area contributed by atoms with Gasteiger partial charge in [-0.1, -0.05) is 20.8 Å². The van der Waals surface area contributed by atoms with Crippen LogP contribution in [0.4, 0.5) is 0 Å². The van der Waals surface area contributed by atoms with Crippen molar-refractivity contribution in [1.29, 1.82) is 0 Å². The highest BCUT2D eigenvalue weighted by atomic mass is 15.3. The van der Waals surface area contributed by atoms with E-state index in [2.05, 4.69) is 48.9 Å². The minimum atomic E-state index is 0.577. The van der Waals surface area contributed by atoms with Gasteiger partial charge in [-0.15, -0.1) is 0 Å². The molecule has 0 saturated carbocycles. The van der Waals surface area contributed by atoms with Crippen LogP contribution in [0.15, 0.2) is 12.3 Å². The first-order valence-electron chi connectivity index (χ1n) is 5.90. The monoisotopic (exact) mass is 209 g/mol. The maximum absolute atomic E-state index is 4.30. The Hall–Kier alpha value is -0.830. The molecule has 1 N–H and O–H groups in total. The van der Waals surface area contributed by atoms with E-state index in [1.54, 1.807) is 0 Å². The van der Waals surface area contributed by atoms with Crippen molar-refractivity contribution in [2.75, 3.05) is 6.54 Å². The van der Waals surface area contributed by atoms with Crippen molar-refractivity contribution in [2.45, 2.75) is 52.6 Å². The maximum Gasteiger partial charge on any atom is 0.0492 e. The van der Waals surface area contributed by atoms with Gasteiger partial charge in [0.15, 0.2) is 0 Å². The zero-order valence-corrected chi connectivity index (χ0v) is 10.3. The molecule has 3 nitrogen and oxygen atoms in total. The fourth-order valence-corrected chi connectivity index (χ4v) is 1.76. The van der Waals surface area contributed by atoms with Crippen LogP contribution in [-0.2, 0) is 6.54 Å². The molecule has 0 aliphatic heterocycles. The van der Waals surface area contributed by atoms with Crippen molar-refractivity contribution in [3.8, 4) is 0 Å². The normalized spacial score (nSPS) is 13.4. The molecule has 0 aromatic carbocycles. The fourth-order valence-electron chi connectivity index (χ4n) is 1.76. The second-order valence-electron chi connectivity index (χ2n) is 4.37. The van der Waals surface area contributed by atoms with Crippen molar-refractivity contribution in [3.05, 3.63) is 18.0 Å². The minimum absolute atomic E-state index is 0.577. The lowest BCUT2D eigenvalue weighted by atomic mass is 10.0. The van der Waals surface area contributed by atoms with Gasteiger partial charge in [-0.25, -0.2) is 0 Å². The predicted octanol–water partition coefficient (Wildman–Crippen LogP) is 2.39. The second-order valence-corrected chi connectivity index (χ2v) is 4.37. The molecule has 3 heteroatoms. The summed E-state index contributed by atoms with van der Waals surface area (Å²) < 4.78 is 2.08. The van der Waals surface area contributed by atoms with Crippen molar-refractivity contribution in [3.63, 3.8) is 0 Å². The van der Waals surface area contributed by atoms with Crippen LogP contribution in [0.3, 0.4) is 0 Å². The Morgan fingerprint density at radius 2 is 2.13 bits per heavy atom. The van der Waals surface area contributed by atoms with E-state index in [0.717, 1.165) is 13.1 Å². The number of hydrogen-bond donors (Lipinski definition) is 1. The summed E-state index contributed by atoms with van der Waals surface area (Å²) in [5, 5.41) is 7.74. The number of rotatable bonds is 6. The first kappa shape index (κ1) is 12.2. The van der Waals surface area contributed by atoms with Gasteiger partial charge >= 0.3 is 0 Å². The van der Waals surface area contributed by atoms with Crippen LogP contribution in [0, 0.1) is 0 Å². The van der Waals surface area contributed by atoms with E-state index in [1.165, 1.54) is 12.1 Å². The Morgan fingerprint density at radius 3 is 2.73 bits per heavy atom. The van der Waals surface area contributed by atoms with Gasteiger partial charge in [0.1, 0.15) is 0 Å². The Labute approximate surface area is 92.9 Å². The molecule has 0 saturated heterocycles. The van der Waals surface area contributed by atoms with Crippen molar-refractivity contribution in [2.24, 2.45) is 0 Å². The van der Waals surface area contributed by atoms with Gasteiger partial charge in [0.2, 0.25) is 0 Å². The van der Waals surface area contributed by atoms with E-state index >= 15 is 0 Å². The Morgan fingerprint density at radius 1 is 1.40 bits per heavy atom. The molecule has 0 fully saturated rings. The van der Waals surface area contributed by atoms with Crippen LogP contribution in [0.5, 0.6) is 0 Å². The third kappa shape index (κ3) is 3.67. The lowest BCUT2D eigenvalue weighted by molar-refractivity contribution is 0.512. The summed E-state index contributed by atoms with van der Waals surface area (Å²) in [7, 11) is 0. The molecule has 0 amide bonds. The Kier molecular flexibility index (Phi) is 4.82. The molecule has 0 bridgehead atoms. The van der Waals surface area contributed by atoms with Crippen LogP contribution in [0.2, 0.25) is 0 Å². The van der Waals surface area contributed by atoms with Gasteiger partial charge in [-0.2, -0.15) is 5.10 Å². The molecule has 1 atom stereocenters. The molecule has 0 radical (unpaired) electrons. The van der Waals surface area contributed by atoms with Crippen LogP contribution < -0.4 is 5.32 Å². The zero-order chi connectivity index (χ0) is 11.3. The Bertz CT molecular complexity index is 278. The lowest BCUT2D eigenvalue weighted by Gasteiger charge is -2.14. The number of nitrogens with zero attached hydrogens (tertiary/aromatic N) is 2. The molecule has 86 valence electrons. The molecule has 1 aromatic rings. The smallest absolute Gasteiger partial charge is 0.0492 e. The molecular weight excluding hydrogens is 186 g/mol. The topological polar surface area (TPSA) is 29.9 Å². The summed E-state index contributed by atoms with van der Waals surface area (Å²) in [5.41, 5.74) is 1.35. The molecule has 15 heavy (non-hydrogen) atoms. The highest BCUT2D eigenvalue weighted by molar-refractivity contribution is 5.06. The van der Waals surface area contributed by atoms with Gasteiger partial charge < -0.3 is 5.32 Å². The van der Waals surface area contributed by atoms with Crippen molar-refractivity contribution in [1.82, 2.24) is 15.1 Å². The zero-order valence-electron chi connectivity index (χ0n) is 10.3. The van der Waals surface area contributed by atoms with Gasteiger partial charge in [0.05, 0.1) is 0 Å². The SMILES string of the molecule is CCn1nccc1C(C)CCNC(C)C. The molecule has 0 aliphatic carbocycles. The van der Waals surface area contributed by atoms with E-state index < -0.39 is 0 Å². The minimum Gasteiger partial charge on any atom is -0.315 e. The van der Waals surface area contributed by atoms with Crippen LogP contribution in [0.25, 0.3) is 0 Å². The highest BCUT2D eigenvalue weighted by Crippen LogP contribution is 2.17. The standard InChI is InChI=1S/C12H23N3/c1-5-15-12(7-9-14-15)11(4)6-8-13-10(2)3/h7,9-11,13H,5-6,8H2,1-4H3.